The number of halogens is 2. The van der Waals surface area contributed by atoms with Crippen molar-refractivity contribution in [1.82, 2.24) is 0 Å². The van der Waals surface area contributed by atoms with Gasteiger partial charge < -0.3 is 0 Å². The zero-order chi connectivity index (χ0) is 6.02. The Labute approximate surface area is 70.6 Å². The Balaban J connectivity index is 2.07. The molecule has 5 aliphatic rings. The standard InChI is InChI=1S/C7H6Br2/c8-6-2-1-3-5(6)7(3,9)4(2)6/h2-5H,1H2. The van der Waals surface area contributed by atoms with Gasteiger partial charge >= 0.3 is 0 Å². The highest BCUT2D eigenvalue weighted by molar-refractivity contribution is 9.11. The summed E-state index contributed by atoms with van der Waals surface area (Å²) in [5.41, 5.74) is 0. The molecule has 2 heteroatoms. The number of rotatable bonds is 0. The summed E-state index contributed by atoms with van der Waals surface area (Å²) in [6, 6.07) is 0. The molecule has 9 heavy (non-hydrogen) atoms. The summed E-state index contributed by atoms with van der Waals surface area (Å²) in [4.78, 5) is 0. The fourth-order valence-electron chi connectivity index (χ4n) is 3.85. The second-order valence-corrected chi connectivity index (χ2v) is 6.81. The van der Waals surface area contributed by atoms with Crippen LogP contribution in [-0.4, -0.2) is 8.65 Å². The van der Waals surface area contributed by atoms with Crippen molar-refractivity contribution in [1.29, 1.82) is 0 Å². The maximum absolute atomic E-state index is 3.86. The van der Waals surface area contributed by atoms with Gasteiger partial charge in [0.2, 0.25) is 0 Å². The lowest BCUT2D eigenvalue weighted by atomic mass is 10.0. The van der Waals surface area contributed by atoms with Crippen molar-refractivity contribution in [2.45, 2.75) is 15.1 Å². The first-order valence-electron chi connectivity index (χ1n) is 3.59. The Kier molecular flexibility index (Phi) is 0.446. The number of alkyl halides is 2. The topological polar surface area (TPSA) is 0 Å². The van der Waals surface area contributed by atoms with E-state index in [0.717, 1.165) is 23.7 Å². The summed E-state index contributed by atoms with van der Waals surface area (Å²) in [6.07, 6.45) is 1.52. The zero-order valence-electron chi connectivity index (χ0n) is 4.77. The normalized spacial score (nSPS) is 94.0. The third-order valence-corrected chi connectivity index (χ3v) is 7.29. The summed E-state index contributed by atoms with van der Waals surface area (Å²) < 4.78 is 1.36. The van der Waals surface area contributed by atoms with E-state index in [-0.39, 0.29) is 0 Å². The quantitative estimate of drug-likeness (QED) is 0.578. The van der Waals surface area contributed by atoms with Gasteiger partial charge in [-0.15, -0.1) is 0 Å². The van der Waals surface area contributed by atoms with Gasteiger partial charge in [-0.3, -0.25) is 0 Å². The molecule has 2 unspecified atom stereocenters. The lowest BCUT2D eigenvalue weighted by Crippen LogP contribution is -2.29. The minimum atomic E-state index is 0.682. The Bertz CT molecular complexity index is 203. The van der Waals surface area contributed by atoms with Gasteiger partial charge in [0, 0.05) is 8.65 Å². The molecule has 0 aliphatic heterocycles. The van der Waals surface area contributed by atoms with Gasteiger partial charge in [0.1, 0.15) is 0 Å². The fourth-order valence-corrected chi connectivity index (χ4v) is 7.89. The van der Waals surface area contributed by atoms with Crippen molar-refractivity contribution in [3.63, 3.8) is 0 Å². The van der Waals surface area contributed by atoms with Crippen LogP contribution < -0.4 is 0 Å². The van der Waals surface area contributed by atoms with E-state index in [2.05, 4.69) is 31.9 Å². The Morgan fingerprint density at radius 3 is 1.56 bits per heavy atom. The Hall–Kier alpha value is 0.960. The van der Waals surface area contributed by atoms with E-state index in [1.165, 1.54) is 6.42 Å². The average Bonchev–Trinajstić information content (AvgIpc) is 2.38. The van der Waals surface area contributed by atoms with Crippen LogP contribution in [0, 0.1) is 23.7 Å². The van der Waals surface area contributed by atoms with E-state index in [9.17, 15) is 0 Å². The molecule has 0 spiro atoms. The molecule has 5 aliphatic carbocycles. The van der Waals surface area contributed by atoms with Crippen LogP contribution in [0.2, 0.25) is 0 Å². The van der Waals surface area contributed by atoms with Gasteiger partial charge in [0.25, 0.3) is 0 Å². The zero-order valence-corrected chi connectivity index (χ0v) is 7.94. The van der Waals surface area contributed by atoms with Crippen LogP contribution in [0.1, 0.15) is 6.42 Å². The van der Waals surface area contributed by atoms with Crippen LogP contribution in [-0.2, 0) is 0 Å². The van der Waals surface area contributed by atoms with E-state index in [4.69, 9.17) is 0 Å². The minimum absolute atomic E-state index is 0.682. The van der Waals surface area contributed by atoms with E-state index >= 15 is 0 Å². The third-order valence-electron chi connectivity index (χ3n) is 4.14. The fraction of sp³-hybridized carbons (Fsp3) is 1.00. The second-order valence-electron chi connectivity index (χ2n) is 4.06. The third kappa shape index (κ3) is 0.215. The summed E-state index contributed by atoms with van der Waals surface area (Å²) in [6.45, 7) is 0. The second kappa shape index (κ2) is 0.842. The maximum Gasteiger partial charge on any atom is 0.0379 e. The highest BCUT2D eigenvalue weighted by Crippen LogP contribution is 3.01. The molecular formula is C7H6Br2. The van der Waals surface area contributed by atoms with Crippen LogP contribution in [0.4, 0.5) is 0 Å². The van der Waals surface area contributed by atoms with Crippen molar-refractivity contribution >= 4 is 31.9 Å². The molecular weight excluding hydrogens is 244 g/mol. The molecule has 0 amide bonds. The van der Waals surface area contributed by atoms with Crippen LogP contribution in [0.25, 0.3) is 0 Å². The molecule has 48 valence electrons. The highest BCUT2D eigenvalue weighted by Gasteiger charge is 3.03. The van der Waals surface area contributed by atoms with Gasteiger partial charge in [0.05, 0.1) is 0 Å². The van der Waals surface area contributed by atoms with Gasteiger partial charge in [-0.2, -0.15) is 0 Å². The maximum atomic E-state index is 3.86. The van der Waals surface area contributed by atoms with Crippen LogP contribution in [0.15, 0.2) is 0 Å². The first-order valence-corrected chi connectivity index (χ1v) is 5.18. The first kappa shape index (κ1) is 4.76. The lowest BCUT2D eigenvalue weighted by Gasteiger charge is -2.23. The van der Waals surface area contributed by atoms with Gasteiger partial charge in [-0.1, -0.05) is 31.9 Å². The number of hydrogen-bond acceptors (Lipinski definition) is 0. The molecule has 0 nitrogen and oxygen atoms in total. The molecule has 0 heterocycles. The van der Waals surface area contributed by atoms with Crippen molar-refractivity contribution in [3.8, 4) is 0 Å². The van der Waals surface area contributed by atoms with Crippen molar-refractivity contribution in [2.24, 2.45) is 23.7 Å². The van der Waals surface area contributed by atoms with E-state index in [1.807, 2.05) is 0 Å². The van der Waals surface area contributed by atoms with Crippen molar-refractivity contribution in [3.05, 3.63) is 0 Å². The largest absolute Gasteiger partial charge is 0.0843 e. The first-order chi connectivity index (χ1) is 4.22. The molecule has 0 radical (unpaired) electrons. The molecule has 2 bridgehead atoms. The predicted molar refractivity (Wildman–Crippen MR) is 41.9 cm³/mol. The molecule has 0 N–H and O–H groups in total. The average molecular weight is 250 g/mol. The van der Waals surface area contributed by atoms with Crippen LogP contribution >= 0.6 is 31.9 Å². The van der Waals surface area contributed by atoms with Crippen LogP contribution in [0.5, 0.6) is 0 Å². The van der Waals surface area contributed by atoms with Crippen molar-refractivity contribution in [2.75, 3.05) is 0 Å². The molecule has 0 aromatic carbocycles. The molecule has 5 fully saturated rings. The Morgan fingerprint density at radius 2 is 1.44 bits per heavy atom. The van der Waals surface area contributed by atoms with Gasteiger partial charge in [0.15, 0.2) is 0 Å². The van der Waals surface area contributed by atoms with Crippen LogP contribution in [0.3, 0.4) is 0 Å². The minimum Gasteiger partial charge on any atom is -0.0843 e. The molecule has 5 rings (SSSR count). The van der Waals surface area contributed by atoms with Gasteiger partial charge in [-0.25, -0.2) is 0 Å². The summed E-state index contributed by atoms with van der Waals surface area (Å²) in [7, 11) is 0. The SMILES string of the molecule is BrC12C3CC4C1C4(Br)C32. The predicted octanol–water partition coefficient (Wildman–Crippen LogP) is 2.16. The molecule has 0 aromatic heterocycles. The Morgan fingerprint density at radius 1 is 1.00 bits per heavy atom. The van der Waals surface area contributed by atoms with Crippen molar-refractivity contribution < 1.29 is 0 Å². The highest BCUT2D eigenvalue weighted by atomic mass is 79.9. The summed E-state index contributed by atoms with van der Waals surface area (Å²) >= 11 is 7.72. The smallest absolute Gasteiger partial charge is 0.0379 e. The number of hydrogen-bond donors (Lipinski definition) is 0. The van der Waals surface area contributed by atoms with Gasteiger partial charge in [-0.05, 0) is 30.1 Å². The molecule has 2 atom stereocenters. The molecule has 0 aromatic rings. The lowest BCUT2D eigenvalue weighted by molar-refractivity contribution is 0.519. The monoisotopic (exact) mass is 248 g/mol. The van der Waals surface area contributed by atoms with E-state index in [1.54, 1.807) is 0 Å². The van der Waals surface area contributed by atoms with E-state index in [0.29, 0.717) is 8.65 Å². The summed E-state index contributed by atoms with van der Waals surface area (Å²) in [5, 5.41) is 0. The molecule has 0 saturated heterocycles. The summed E-state index contributed by atoms with van der Waals surface area (Å²) in [5.74, 6) is 4.23. The molecule has 5 saturated carbocycles. The van der Waals surface area contributed by atoms with E-state index < -0.39 is 0 Å².